The Hall–Kier alpha value is -1.50. The van der Waals surface area contributed by atoms with Crippen molar-refractivity contribution in [1.82, 2.24) is 9.97 Å². The summed E-state index contributed by atoms with van der Waals surface area (Å²) in [7, 11) is 0. The fraction of sp³-hybridized carbons (Fsp3) is 0.444. The molecule has 0 unspecified atom stereocenters. The van der Waals surface area contributed by atoms with Crippen LogP contribution in [0.1, 0.15) is 24.1 Å². The number of ether oxygens (including phenoxy) is 1. The van der Waals surface area contributed by atoms with E-state index in [4.69, 9.17) is 16.3 Å². The van der Waals surface area contributed by atoms with Gasteiger partial charge in [-0.3, -0.25) is 0 Å². The number of halogens is 4. The maximum atomic E-state index is 14.4. The summed E-state index contributed by atoms with van der Waals surface area (Å²) in [6.45, 7) is 2.75. The predicted molar refractivity (Wildman–Crippen MR) is 99.3 cm³/mol. The number of hydrogen-bond donors (Lipinski definition) is 0. The number of aromatic nitrogens is 2. The van der Waals surface area contributed by atoms with Crippen molar-refractivity contribution in [3.8, 4) is 11.4 Å². The first-order valence-electron chi connectivity index (χ1n) is 8.51. The van der Waals surface area contributed by atoms with Gasteiger partial charge in [0, 0.05) is 24.3 Å². The number of nitrogens with zero attached hydrogens (tertiary/aromatic N) is 3. The van der Waals surface area contributed by atoms with E-state index in [2.05, 4.69) is 14.9 Å². The van der Waals surface area contributed by atoms with Crippen LogP contribution in [-0.2, 0) is 17.6 Å². The number of anilines is 1. The van der Waals surface area contributed by atoms with Crippen LogP contribution in [0.25, 0.3) is 11.4 Å². The van der Waals surface area contributed by atoms with Crippen molar-refractivity contribution in [2.24, 2.45) is 0 Å². The summed E-state index contributed by atoms with van der Waals surface area (Å²) >= 11 is 5.66. The number of benzene rings is 1. The lowest BCUT2D eigenvalue weighted by molar-refractivity contribution is 0.122. The normalized spacial score (nSPS) is 16.8. The highest BCUT2D eigenvalue weighted by molar-refractivity contribution is 6.30. The molecule has 1 aromatic heterocycles. The van der Waals surface area contributed by atoms with E-state index in [-0.39, 0.29) is 28.8 Å². The summed E-state index contributed by atoms with van der Waals surface area (Å²) in [4.78, 5) is 11.3. The molecule has 0 bridgehead atoms. The van der Waals surface area contributed by atoms with Crippen LogP contribution in [0.5, 0.6) is 0 Å². The van der Waals surface area contributed by atoms with E-state index in [1.54, 1.807) is 0 Å². The fourth-order valence-electron chi connectivity index (χ4n) is 3.43. The van der Waals surface area contributed by atoms with Crippen molar-refractivity contribution in [2.45, 2.75) is 25.7 Å². The van der Waals surface area contributed by atoms with Gasteiger partial charge in [-0.1, -0.05) is 11.6 Å². The highest BCUT2D eigenvalue weighted by atomic mass is 35.5. The minimum Gasteiger partial charge on any atom is -0.378 e. The monoisotopic (exact) mass is 401 g/mol. The van der Waals surface area contributed by atoms with Crippen molar-refractivity contribution in [2.75, 3.05) is 31.2 Å². The standard InChI is InChI=1S/C18H18ClF2N3O.ClH/c19-13-10-14(20)12(9-15(13)21)17-22-16-4-2-1-3-11(16)18(23-17)24-5-7-25-8-6-24;/h9-10H,1-8H2;1H. The minimum atomic E-state index is -0.674. The van der Waals surface area contributed by atoms with Gasteiger partial charge in [-0.05, 0) is 37.8 Å². The number of fused-ring (bicyclic) bond motifs is 1. The van der Waals surface area contributed by atoms with E-state index in [0.717, 1.165) is 68.0 Å². The molecular weight excluding hydrogens is 383 g/mol. The third-order valence-electron chi connectivity index (χ3n) is 4.72. The Labute approximate surface area is 161 Å². The lowest BCUT2D eigenvalue weighted by atomic mass is 9.95. The number of morpholine rings is 1. The van der Waals surface area contributed by atoms with Crippen LogP contribution >= 0.6 is 24.0 Å². The van der Waals surface area contributed by atoms with Gasteiger partial charge in [-0.2, -0.15) is 0 Å². The zero-order chi connectivity index (χ0) is 17.4. The molecule has 0 N–H and O–H groups in total. The van der Waals surface area contributed by atoms with E-state index in [1.165, 1.54) is 0 Å². The van der Waals surface area contributed by atoms with Crippen LogP contribution in [0.2, 0.25) is 5.02 Å². The largest absolute Gasteiger partial charge is 0.378 e. The maximum Gasteiger partial charge on any atom is 0.164 e. The molecule has 0 saturated carbocycles. The second-order valence-electron chi connectivity index (χ2n) is 6.35. The first-order valence-corrected chi connectivity index (χ1v) is 8.88. The Balaban J connectivity index is 0.00000196. The van der Waals surface area contributed by atoms with Gasteiger partial charge in [0.1, 0.15) is 17.5 Å². The molecule has 4 rings (SSSR count). The summed E-state index contributed by atoms with van der Waals surface area (Å²) < 4.78 is 33.6. The third-order valence-corrected chi connectivity index (χ3v) is 5.01. The van der Waals surface area contributed by atoms with E-state index < -0.39 is 11.6 Å². The predicted octanol–water partition coefficient (Wildman–Crippen LogP) is 4.21. The summed E-state index contributed by atoms with van der Waals surface area (Å²) in [5.74, 6) is -0.240. The molecule has 0 spiro atoms. The van der Waals surface area contributed by atoms with Crippen molar-refractivity contribution >= 4 is 29.8 Å². The van der Waals surface area contributed by atoms with Gasteiger partial charge >= 0.3 is 0 Å². The molecule has 1 aromatic carbocycles. The van der Waals surface area contributed by atoms with Crippen LogP contribution < -0.4 is 4.90 Å². The van der Waals surface area contributed by atoms with E-state index >= 15 is 0 Å². The second kappa shape index (κ2) is 8.03. The van der Waals surface area contributed by atoms with Gasteiger partial charge < -0.3 is 9.64 Å². The van der Waals surface area contributed by atoms with E-state index in [9.17, 15) is 8.78 Å². The van der Waals surface area contributed by atoms with Gasteiger partial charge in [0.15, 0.2) is 5.82 Å². The zero-order valence-electron chi connectivity index (χ0n) is 14.1. The minimum absolute atomic E-state index is 0. The molecule has 0 radical (unpaired) electrons. The van der Waals surface area contributed by atoms with Crippen molar-refractivity contribution in [3.63, 3.8) is 0 Å². The second-order valence-corrected chi connectivity index (χ2v) is 6.76. The van der Waals surface area contributed by atoms with Crippen LogP contribution in [0, 0.1) is 11.6 Å². The number of aryl methyl sites for hydroxylation is 1. The zero-order valence-corrected chi connectivity index (χ0v) is 15.7. The quantitative estimate of drug-likeness (QED) is 0.706. The van der Waals surface area contributed by atoms with Crippen LogP contribution in [0.3, 0.4) is 0 Å². The molecule has 0 amide bonds. The number of hydrogen-bond acceptors (Lipinski definition) is 4. The molecule has 4 nitrogen and oxygen atoms in total. The lowest BCUT2D eigenvalue weighted by Gasteiger charge is -2.31. The molecule has 26 heavy (non-hydrogen) atoms. The van der Waals surface area contributed by atoms with Crippen molar-refractivity contribution in [3.05, 3.63) is 40.0 Å². The molecule has 8 heteroatoms. The topological polar surface area (TPSA) is 38.2 Å². The lowest BCUT2D eigenvalue weighted by Crippen LogP contribution is -2.38. The average Bonchev–Trinajstić information content (AvgIpc) is 2.64. The van der Waals surface area contributed by atoms with Gasteiger partial charge in [-0.25, -0.2) is 18.7 Å². The Morgan fingerprint density at radius 2 is 1.73 bits per heavy atom. The third kappa shape index (κ3) is 3.63. The molecular formula is C18H19Cl2F2N3O. The molecule has 1 aliphatic heterocycles. The Kier molecular flexibility index (Phi) is 5.95. The van der Waals surface area contributed by atoms with Gasteiger partial charge in [0.2, 0.25) is 0 Å². The van der Waals surface area contributed by atoms with Gasteiger partial charge in [0.05, 0.1) is 23.8 Å². The highest BCUT2D eigenvalue weighted by Crippen LogP contribution is 2.33. The molecule has 1 fully saturated rings. The van der Waals surface area contributed by atoms with E-state index in [0.29, 0.717) is 13.2 Å². The first-order chi connectivity index (χ1) is 12.1. The molecule has 2 heterocycles. The summed E-state index contributed by atoms with van der Waals surface area (Å²) in [6, 6.07) is 2.05. The average molecular weight is 402 g/mol. The Morgan fingerprint density at radius 1 is 1.00 bits per heavy atom. The smallest absolute Gasteiger partial charge is 0.164 e. The molecule has 2 aromatic rings. The molecule has 0 atom stereocenters. The fourth-order valence-corrected chi connectivity index (χ4v) is 3.58. The molecule has 1 aliphatic carbocycles. The van der Waals surface area contributed by atoms with Gasteiger partial charge in [-0.15, -0.1) is 12.4 Å². The Bertz CT molecular complexity index is 814. The summed E-state index contributed by atoms with van der Waals surface area (Å²) in [5, 5.41) is -0.243. The SMILES string of the molecule is Cl.Fc1cc(-c2nc3c(c(N4CCOCC4)n2)CCCC3)c(F)cc1Cl. The molecule has 140 valence electrons. The van der Waals surface area contributed by atoms with Gasteiger partial charge in [0.25, 0.3) is 0 Å². The maximum absolute atomic E-state index is 14.4. The molecule has 2 aliphatic rings. The number of rotatable bonds is 2. The first kappa shape index (κ1) is 19.3. The van der Waals surface area contributed by atoms with Crippen LogP contribution in [-0.4, -0.2) is 36.3 Å². The van der Waals surface area contributed by atoms with Crippen LogP contribution in [0.4, 0.5) is 14.6 Å². The van der Waals surface area contributed by atoms with Crippen LogP contribution in [0.15, 0.2) is 12.1 Å². The summed E-state index contributed by atoms with van der Waals surface area (Å²) in [6.07, 6.45) is 3.89. The molecule has 1 saturated heterocycles. The summed E-state index contributed by atoms with van der Waals surface area (Å²) in [5.41, 5.74) is 2.11. The van der Waals surface area contributed by atoms with Crippen molar-refractivity contribution in [1.29, 1.82) is 0 Å². The van der Waals surface area contributed by atoms with E-state index in [1.807, 2.05) is 0 Å². The van der Waals surface area contributed by atoms with Crippen molar-refractivity contribution < 1.29 is 13.5 Å². The highest BCUT2D eigenvalue weighted by Gasteiger charge is 2.24. The Morgan fingerprint density at radius 3 is 2.50 bits per heavy atom.